The van der Waals surface area contributed by atoms with Crippen LogP contribution < -0.4 is 11.1 Å². The first-order valence-corrected chi connectivity index (χ1v) is 6.38. The predicted octanol–water partition coefficient (Wildman–Crippen LogP) is 5.08. The van der Waals surface area contributed by atoms with Crippen LogP contribution in [-0.2, 0) is 0 Å². The lowest BCUT2D eigenvalue weighted by Crippen LogP contribution is -1.93. The Labute approximate surface area is 118 Å². The van der Waals surface area contributed by atoms with Gasteiger partial charge in [-0.05, 0) is 52.3 Å². The van der Waals surface area contributed by atoms with E-state index >= 15 is 0 Å². The minimum absolute atomic E-state index is 0.567. The molecule has 3 N–H and O–H groups in total. The molecule has 2 aromatic rings. The molecule has 0 heterocycles. The maximum atomic E-state index is 6.08. The van der Waals surface area contributed by atoms with Crippen molar-refractivity contribution in [1.82, 2.24) is 0 Å². The SMILES string of the molecule is Nc1ccc(Nc2cc(Cl)ccc2Br)c(Cl)c1. The van der Waals surface area contributed by atoms with Crippen LogP contribution in [-0.4, -0.2) is 0 Å². The first-order chi connectivity index (χ1) is 8.06. The Balaban J connectivity index is 2.34. The summed E-state index contributed by atoms with van der Waals surface area (Å²) in [5.74, 6) is 0. The minimum Gasteiger partial charge on any atom is -0.399 e. The quantitative estimate of drug-likeness (QED) is 0.753. The average Bonchev–Trinajstić information content (AvgIpc) is 2.27. The number of anilines is 3. The van der Waals surface area contributed by atoms with Crippen molar-refractivity contribution < 1.29 is 0 Å². The molecule has 88 valence electrons. The number of nitrogens with one attached hydrogen (secondary N) is 1. The molecular weight excluding hydrogens is 323 g/mol. The minimum atomic E-state index is 0.567. The van der Waals surface area contributed by atoms with E-state index in [0.717, 1.165) is 15.8 Å². The first kappa shape index (κ1) is 12.6. The van der Waals surface area contributed by atoms with Crippen LogP contribution in [0.2, 0.25) is 10.0 Å². The van der Waals surface area contributed by atoms with E-state index < -0.39 is 0 Å². The Hall–Kier alpha value is -0.900. The second-order valence-corrected chi connectivity index (χ2v) is 5.19. The van der Waals surface area contributed by atoms with Gasteiger partial charge in [-0.2, -0.15) is 0 Å². The highest BCUT2D eigenvalue weighted by Crippen LogP contribution is 2.32. The van der Waals surface area contributed by atoms with Gasteiger partial charge in [-0.1, -0.05) is 23.2 Å². The molecular formula is C12H9BrCl2N2. The topological polar surface area (TPSA) is 38.0 Å². The summed E-state index contributed by atoms with van der Waals surface area (Å²) < 4.78 is 0.912. The van der Waals surface area contributed by atoms with E-state index in [1.54, 1.807) is 18.2 Å². The zero-order valence-electron chi connectivity index (χ0n) is 8.68. The van der Waals surface area contributed by atoms with Gasteiger partial charge in [0, 0.05) is 15.2 Å². The molecule has 2 aromatic carbocycles. The molecule has 0 bridgehead atoms. The summed E-state index contributed by atoms with van der Waals surface area (Å²) in [6, 6.07) is 10.8. The number of rotatable bonds is 2. The third kappa shape index (κ3) is 3.06. The van der Waals surface area contributed by atoms with Crippen molar-refractivity contribution in [2.75, 3.05) is 11.1 Å². The first-order valence-electron chi connectivity index (χ1n) is 4.83. The molecule has 5 heteroatoms. The van der Waals surface area contributed by atoms with E-state index in [-0.39, 0.29) is 0 Å². The van der Waals surface area contributed by atoms with Gasteiger partial charge >= 0.3 is 0 Å². The van der Waals surface area contributed by atoms with E-state index in [9.17, 15) is 0 Å². The molecule has 2 nitrogen and oxygen atoms in total. The molecule has 0 aliphatic heterocycles. The van der Waals surface area contributed by atoms with Crippen molar-refractivity contribution in [1.29, 1.82) is 0 Å². The highest BCUT2D eigenvalue weighted by molar-refractivity contribution is 9.10. The fourth-order valence-corrected chi connectivity index (χ4v) is 2.13. The lowest BCUT2D eigenvalue weighted by molar-refractivity contribution is 1.52. The summed E-state index contributed by atoms with van der Waals surface area (Å²) in [5.41, 5.74) is 7.90. The van der Waals surface area contributed by atoms with Crippen molar-refractivity contribution in [3.05, 3.63) is 50.9 Å². The maximum Gasteiger partial charge on any atom is 0.0661 e. The van der Waals surface area contributed by atoms with Crippen molar-refractivity contribution in [3.8, 4) is 0 Å². The lowest BCUT2D eigenvalue weighted by atomic mass is 10.2. The second kappa shape index (κ2) is 5.17. The van der Waals surface area contributed by atoms with Gasteiger partial charge in [-0.3, -0.25) is 0 Å². The van der Waals surface area contributed by atoms with E-state index in [1.165, 1.54) is 0 Å². The molecule has 0 unspecified atom stereocenters. The van der Waals surface area contributed by atoms with Crippen LogP contribution in [0.5, 0.6) is 0 Å². The Kier molecular flexibility index (Phi) is 3.82. The normalized spacial score (nSPS) is 10.3. The highest BCUT2D eigenvalue weighted by atomic mass is 79.9. The largest absolute Gasteiger partial charge is 0.399 e. The Morgan fingerprint density at radius 3 is 2.47 bits per heavy atom. The van der Waals surface area contributed by atoms with Gasteiger partial charge in [0.1, 0.15) is 0 Å². The van der Waals surface area contributed by atoms with Gasteiger partial charge in [0.25, 0.3) is 0 Å². The molecule has 0 aliphatic carbocycles. The number of nitrogen functional groups attached to an aromatic ring is 1. The van der Waals surface area contributed by atoms with Gasteiger partial charge in [-0.15, -0.1) is 0 Å². The zero-order valence-corrected chi connectivity index (χ0v) is 11.8. The zero-order chi connectivity index (χ0) is 12.4. The summed E-state index contributed by atoms with van der Waals surface area (Å²) in [5, 5.41) is 4.41. The highest BCUT2D eigenvalue weighted by Gasteiger charge is 2.04. The van der Waals surface area contributed by atoms with Crippen LogP contribution in [0, 0.1) is 0 Å². The summed E-state index contributed by atoms with van der Waals surface area (Å²) in [4.78, 5) is 0. The van der Waals surface area contributed by atoms with E-state index in [4.69, 9.17) is 28.9 Å². The van der Waals surface area contributed by atoms with Crippen molar-refractivity contribution in [3.63, 3.8) is 0 Å². The molecule has 0 aromatic heterocycles. The monoisotopic (exact) mass is 330 g/mol. The van der Waals surface area contributed by atoms with Crippen LogP contribution in [0.1, 0.15) is 0 Å². The molecule has 17 heavy (non-hydrogen) atoms. The number of hydrogen-bond acceptors (Lipinski definition) is 2. The van der Waals surface area contributed by atoms with E-state index in [0.29, 0.717) is 15.7 Å². The van der Waals surface area contributed by atoms with Crippen LogP contribution >= 0.6 is 39.1 Å². The molecule has 2 rings (SSSR count). The molecule has 0 atom stereocenters. The average molecular weight is 332 g/mol. The summed E-state index contributed by atoms with van der Waals surface area (Å²) >= 11 is 15.5. The van der Waals surface area contributed by atoms with Crippen molar-refractivity contribution >= 4 is 56.2 Å². The Bertz CT molecular complexity index is 558. The molecule has 0 saturated carbocycles. The van der Waals surface area contributed by atoms with Crippen LogP contribution in [0.15, 0.2) is 40.9 Å². The molecule has 0 radical (unpaired) electrons. The van der Waals surface area contributed by atoms with E-state index in [1.807, 2.05) is 18.2 Å². The van der Waals surface area contributed by atoms with Gasteiger partial charge in [0.2, 0.25) is 0 Å². The van der Waals surface area contributed by atoms with Gasteiger partial charge in [0.05, 0.1) is 16.4 Å². The molecule has 0 amide bonds. The second-order valence-electron chi connectivity index (χ2n) is 3.49. The molecule has 0 aliphatic rings. The number of halogens is 3. The van der Waals surface area contributed by atoms with Crippen LogP contribution in [0.4, 0.5) is 17.1 Å². The Morgan fingerprint density at radius 2 is 1.76 bits per heavy atom. The fourth-order valence-electron chi connectivity index (χ4n) is 1.37. The molecule has 0 spiro atoms. The van der Waals surface area contributed by atoms with E-state index in [2.05, 4.69) is 21.2 Å². The number of nitrogens with two attached hydrogens (primary N) is 1. The smallest absolute Gasteiger partial charge is 0.0661 e. The maximum absolute atomic E-state index is 6.08. The summed E-state index contributed by atoms with van der Waals surface area (Å²) in [7, 11) is 0. The van der Waals surface area contributed by atoms with Crippen molar-refractivity contribution in [2.45, 2.75) is 0 Å². The Morgan fingerprint density at radius 1 is 1.00 bits per heavy atom. The summed E-state index contributed by atoms with van der Waals surface area (Å²) in [6.07, 6.45) is 0. The third-order valence-electron chi connectivity index (χ3n) is 2.19. The predicted molar refractivity (Wildman–Crippen MR) is 78.3 cm³/mol. The van der Waals surface area contributed by atoms with Gasteiger partial charge < -0.3 is 11.1 Å². The standard InChI is InChI=1S/C12H9BrCl2N2/c13-9-3-1-7(14)5-12(9)17-11-4-2-8(16)6-10(11)15/h1-6,17H,16H2. The van der Waals surface area contributed by atoms with Gasteiger partial charge in [0.15, 0.2) is 0 Å². The van der Waals surface area contributed by atoms with Crippen molar-refractivity contribution in [2.24, 2.45) is 0 Å². The number of hydrogen-bond donors (Lipinski definition) is 2. The summed E-state index contributed by atoms with van der Waals surface area (Å²) in [6.45, 7) is 0. The van der Waals surface area contributed by atoms with Crippen LogP contribution in [0.25, 0.3) is 0 Å². The molecule has 0 saturated heterocycles. The third-order valence-corrected chi connectivity index (χ3v) is 3.43. The fraction of sp³-hybridized carbons (Fsp3) is 0. The molecule has 0 fully saturated rings. The lowest BCUT2D eigenvalue weighted by Gasteiger charge is -2.11. The van der Waals surface area contributed by atoms with Crippen LogP contribution in [0.3, 0.4) is 0 Å². The van der Waals surface area contributed by atoms with Gasteiger partial charge in [-0.25, -0.2) is 0 Å². The number of benzene rings is 2.